The van der Waals surface area contributed by atoms with Crippen LogP contribution in [0.4, 0.5) is 4.79 Å². The van der Waals surface area contributed by atoms with Crippen LogP contribution >= 0.6 is 0 Å². The molecule has 1 rings (SSSR count). The normalized spacial score (nSPS) is 20.8. The van der Waals surface area contributed by atoms with Crippen molar-refractivity contribution >= 4 is 17.8 Å². The topological polar surface area (TPSA) is 81.7 Å². The summed E-state index contributed by atoms with van der Waals surface area (Å²) >= 11 is 0. The van der Waals surface area contributed by atoms with Crippen molar-refractivity contribution in [3.63, 3.8) is 0 Å². The minimum absolute atomic E-state index is 0.0897. The highest BCUT2D eigenvalue weighted by molar-refractivity contribution is 5.97. The number of carbonyl (C=O) groups excluding carboxylic acids is 3. The number of cyclic esters (lactones) is 1. The van der Waals surface area contributed by atoms with Crippen molar-refractivity contribution in [2.45, 2.75) is 45.3 Å². The Kier molecular flexibility index (Phi) is 4.09. The molecule has 6 nitrogen and oxygen atoms in total. The van der Waals surface area contributed by atoms with Crippen molar-refractivity contribution in [3.8, 4) is 0 Å². The molecular weight excluding hydrogens is 226 g/mol. The second-order valence-electron chi connectivity index (χ2n) is 4.91. The summed E-state index contributed by atoms with van der Waals surface area (Å²) < 4.78 is 9.91. The van der Waals surface area contributed by atoms with Crippen molar-refractivity contribution < 1.29 is 23.9 Å². The Bertz CT molecular complexity index is 315. The molecule has 0 radical (unpaired) electrons. The highest BCUT2D eigenvalue weighted by atomic mass is 16.6. The third-order valence-electron chi connectivity index (χ3n) is 1.97. The highest BCUT2D eigenvalue weighted by Crippen LogP contribution is 2.11. The van der Waals surface area contributed by atoms with Crippen LogP contribution in [0.2, 0.25) is 0 Å². The third kappa shape index (κ3) is 5.33. The molecule has 0 aliphatic carbocycles. The minimum atomic E-state index is -0.591. The molecule has 1 aliphatic heterocycles. The van der Waals surface area contributed by atoms with Gasteiger partial charge in [0.25, 0.3) is 0 Å². The van der Waals surface area contributed by atoms with Gasteiger partial charge in [-0.15, -0.1) is 0 Å². The predicted molar refractivity (Wildman–Crippen MR) is 58.4 cm³/mol. The lowest BCUT2D eigenvalue weighted by Gasteiger charge is -2.23. The molecule has 17 heavy (non-hydrogen) atoms. The van der Waals surface area contributed by atoms with E-state index in [4.69, 9.17) is 9.47 Å². The van der Waals surface area contributed by atoms with Crippen molar-refractivity contribution in [3.05, 3.63) is 0 Å². The van der Waals surface area contributed by atoms with E-state index in [0.717, 1.165) is 0 Å². The van der Waals surface area contributed by atoms with Gasteiger partial charge in [-0.25, -0.2) is 4.79 Å². The van der Waals surface area contributed by atoms with Gasteiger partial charge >= 0.3 is 12.1 Å². The summed E-state index contributed by atoms with van der Waals surface area (Å²) in [5.74, 6) is -0.713. The Morgan fingerprint density at radius 2 is 2.12 bits per heavy atom. The summed E-state index contributed by atoms with van der Waals surface area (Å²) in [6, 6.07) is 0. The summed E-state index contributed by atoms with van der Waals surface area (Å²) in [6.07, 6.45) is -1.22. The first-order chi connectivity index (χ1) is 7.76. The van der Waals surface area contributed by atoms with Crippen LogP contribution in [0.1, 0.15) is 33.6 Å². The molecule has 1 atom stereocenters. The van der Waals surface area contributed by atoms with Gasteiger partial charge in [-0.2, -0.15) is 0 Å². The van der Waals surface area contributed by atoms with Crippen LogP contribution in [0.15, 0.2) is 0 Å². The lowest BCUT2D eigenvalue weighted by atomic mass is 10.1. The lowest BCUT2D eigenvalue weighted by molar-refractivity contribution is -0.157. The van der Waals surface area contributed by atoms with E-state index >= 15 is 0 Å². The summed E-state index contributed by atoms with van der Waals surface area (Å²) in [7, 11) is 0. The van der Waals surface area contributed by atoms with Crippen LogP contribution in [0.3, 0.4) is 0 Å². The number of rotatable bonds is 2. The molecule has 1 heterocycles. The standard InChI is InChI=1S/C11H17NO5/c1-11(2,3)17-10(15)12-6-8-4-7(13)5-9(14)16-8/h8H,4-6H2,1-3H3,(H,12,15)/t8-/m1/s1. The first-order valence-corrected chi connectivity index (χ1v) is 5.44. The molecule has 1 amide bonds. The molecule has 1 aliphatic rings. The van der Waals surface area contributed by atoms with Crippen molar-refractivity contribution in [2.24, 2.45) is 0 Å². The number of nitrogens with one attached hydrogen (secondary N) is 1. The Labute approximate surface area is 99.6 Å². The molecule has 0 saturated carbocycles. The Hall–Kier alpha value is -1.59. The zero-order valence-electron chi connectivity index (χ0n) is 10.2. The van der Waals surface area contributed by atoms with Gasteiger partial charge in [0.05, 0.1) is 6.54 Å². The predicted octanol–water partition coefficient (Wildman–Crippen LogP) is 0.786. The number of hydrogen-bond acceptors (Lipinski definition) is 5. The SMILES string of the molecule is CC(C)(C)OC(=O)NC[C@H]1CC(=O)CC(=O)O1. The molecule has 0 spiro atoms. The van der Waals surface area contributed by atoms with Gasteiger partial charge in [-0.1, -0.05) is 0 Å². The van der Waals surface area contributed by atoms with Gasteiger partial charge in [-0.3, -0.25) is 9.59 Å². The van der Waals surface area contributed by atoms with Crippen molar-refractivity contribution in [2.75, 3.05) is 6.54 Å². The average Bonchev–Trinajstić information content (AvgIpc) is 2.10. The van der Waals surface area contributed by atoms with Crippen LogP contribution in [0.5, 0.6) is 0 Å². The molecule has 0 aromatic rings. The zero-order valence-corrected chi connectivity index (χ0v) is 10.2. The van der Waals surface area contributed by atoms with Gasteiger partial charge in [0, 0.05) is 6.42 Å². The Morgan fingerprint density at radius 1 is 1.47 bits per heavy atom. The molecule has 0 aromatic heterocycles. The van der Waals surface area contributed by atoms with E-state index in [-0.39, 0.29) is 25.2 Å². The molecule has 6 heteroatoms. The summed E-state index contributed by atoms with van der Waals surface area (Å²) in [6.45, 7) is 5.33. The second kappa shape index (κ2) is 5.16. The van der Waals surface area contributed by atoms with Crippen LogP contribution in [-0.4, -0.2) is 36.1 Å². The molecule has 0 unspecified atom stereocenters. The number of ether oxygens (including phenoxy) is 2. The maximum Gasteiger partial charge on any atom is 0.407 e. The number of ketones is 1. The van der Waals surface area contributed by atoms with Gasteiger partial charge in [0.2, 0.25) is 0 Å². The average molecular weight is 243 g/mol. The number of amides is 1. The van der Waals surface area contributed by atoms with Gasteiger partial charge < -0.3 is 14.8 Å². The van der Waals surface area contributed by atoms with Crippen molar-refractivity contribution in [1.82, 2.24) is 5.32 Å². The smallest absolute Gasteiger partial charge is 0.407 e. The van der Waals surface area contributed by atoms with Gasteiger partial charge in [-0.05, 0) is 20.8 Å². The van der Waals surface area contributed by atoms with Crippen molar-refractivity contribution in [1.29, 1.82) is 0 Å². The molecule has 1 fully saturated rings. The Balaban J connectivity index is 2.33. The molecule has 1 saturated heterocycles. The van der Waals surface area contributed by atoms with E-state index in [1.54, 1.807) is 20.8 Å². The van der Waals surface area contributed by atoms with Crippen LogP contribution in [0, 0.1) is 0 Å². The van der Waals surface area contributed by atoms with Crippen LogP contribution in [-0.2, 0) is 19.1 Å². The lowest BCUT2D eigenvalue weighted by Crippen LogP contribution is -2.41. The number of carbonyl (C=O) groups is 3. The van der Waals surface area contributed by atoms with E-state index in [9.17, 15) is 14.4 Å². The largest absolute Gasteiger partial charge is 0.460 e. The van der Waals surface area contributed by atoms with E-state index in [0.29, 0.717) is 0 Å². The fraction of sp³-hybridized carbons (Fsp3) is 0.727. The maximum atomic E-state index is 11.3. The Morgan fingerprint density at radius 3 is 2.65 bits per heavy atom. The first kappa shape index (κ1) is 13.5. The summed E-state index contributed by atoms with van der Waals surface area (Å²) in [4.78, 5) is 33.4. The molecule has 0 aromatic carbocycles. The van der Waals surface area contributed by atoms with E-state index < -0.39 is 23.8 Å². The molecule has 1 N–H and O–H groups in total. The van der Waals surface area contributed by atoms with Crippen LogP contribution < -0.4 is 5.32 Å². The van der Waals surface area contributed by atoms with Crippen LogP contribution in [0.25, 0.3) is 0 Å². The number of Topliss-reactive ketones (excluding diaryl/α,β-unsaturated/α-hetero) is 1. The maximum absolute atomic E-state index is 11.3. The summed E-state index contributed by atoms with van der Waals surface area (Å²) in [5.41, 5.74) is -0.580. The fourth-order valence-corrected chi connectivity index (χ4v) is 1.38. The second-order valence-corrected chi connectivity index (χ2v) is 4.91. The fourth-order valence-electron chi connectivity index (χ4n) is 1.38. The third-order valence-corrected chi connectivity index (χ3v) is 1.97. The van der Waals surface area contributed by atoms with E-state index in [1.807, 2.05) is 0 Å². The van der Waals surface area contributed by atoms with E-state index in [2.05, 4.69) is 5.32 Å². The zero-order chi connectivity index (χ0) is 13.1. The minimum Gasteiger partial charge on any atom is -0.460 e. The molecule has 96 valence electrons. The quantitative estimate of drug-likeness (QED) is 0.572. The van der Waals surface area contributed by atoms with E-state index in [1.165, 1.54) is 0 Å². The monoisotopic (exact) mass is 243 g/mol. The molecule has 0 bridgehead atoms. The number of alkyl carbamates (subject to hydrolysis) is 1. The number of hydrogen-bond donors (Lipinski definition) is 1. The number of esters is 1. The summed E-state index contributed by atoms with van der Waals surface area (Å²) in [5, 5.41) is 2.46. The molecular formula is C11H17NO5. The van der Waals surface area contributed by atoms with Gasteiger partial charge in [0.15, 0.2) is 0 Å². The van der Waals surface area contributed by atoms with Gasteiger partial charge in [0.1, 0.15) is 23.9 Å². The highest BCUT2D eigenvalue weighted by Gasteiger charge is 2.27. The first-order valence-electron chi connectivity index (χ1n) is 5.44.